The van der Waals surface area contributed by atoms with E-state index in [1.54, 1.807) is 30.2 Å². The molecule has 3 aliphatic rings. The van der Waals surface area contributed by atoms with Gasteiger partial charge in [0.05, 0.1) is 39.0 Å². The molecule has 1 aromatic heterocycles. The predicted octanol–water partition coefficient (Wildman–Crippen LogP) is 9.35. The number of hydrogen-bond donors (Lipinski definition) is 3. The normalized spacial score (nSPS) is 20.2. The average molecular weight is 811 g/mol. The molecule has 302 valence electrons. The number of halogens is 2. The molecule has 0 bridgehead atoms. The predicted molar refractivity (Wildman–Crippen MR) is 219 cm³/mol. The minimum absolute atomic E-state index is 0.0588. The van der Waals surface area contributed by atoms with Crippen LogP contribution in [0.1, 0.15) is 96.6 Å². The summed E-state index contributed by atoms with van der Waals surface area (Å²) in [6.45, 7) is 7.49. The molecule has 2 aliphatic carbocycles. The molecule has 2 aromatic carbocycles. The van der Waals surface area contributed by atoms with E-state index < -0.39 is 17.7 Å². The van der Waals surface area contributed by atoms with Gasteiger partial charge in [0.2, 0.25) is 11.9 Å². The van der Waals surface area contributed by atoms with E-state index >= 15 is 0 Å². The summed E-state index contributed by atoms with van der Waals surface area (Å²) in [6.07, 6.45) is 10.4. The number of urea groups is 1. The molecule has 13 nitrogen and oxygen atoms in total. The van der Waals surface area contributed by atoms with Crippen molar-refractivity contribution in [2.24, 2.45) is 11.8 Å². The summed E-state index contributed by atoms with van der Waals surface area (Å²) in [7, 11) is 2.95. The number of nitrogens with zero attached hydrogens (tertiary/aromatic N) is 4. The number of rotatable bonds is 11. The van der Waals surface area contributed by atoms with Gasteiger partial charge in [0.25, 0.3) is 0 Å². The minimum Gasteiger partial charge on any atom is -0.495 e. The Bertz CT molecular complexity index is 1890. The van der Waals surface area contributed by atoms with Crippen molar-refractivity contribution in [3.05, 3.63) is 57.7 Å². The van der Waals surface area contributed by atoms with Gasteiger partial charge >= 0.3 is 12.1 Å². The second kappa shape index (κ2) is 17.8. The number of benzene rings is 2. The number of aromatic nitrogens is 2. The van der Waals surface area contributed by atoms with Gasteiger partial charge in [-0.1, -0.05) is 74.4 Å². The highest BCUT2D eigenvalue weighted by molar-refractivity contribution is 6.42. The highest BCUT2D eigenvalue weighted by Crippen LogP contribution is 2.48. The Labute approximate surface area is 339 Å². The first-order valence-electron chi connectivity index (χ1n) is 19.5. The first kappa shape index (κ1) is 41.2. The molecule has 0 radical (unpaired) electrons. The number of amides is 4. The van der Waals surface area contributed by atoms with Crippen LogP contribution in [-0.4, -0.2) is 59.9 Å². The molecule has 2 saturated carbocycles. The molecule has 1 aliphatic heterocycles. The molecule has 3 N–H and O–H groups in total. The van der Waals surface area contributed by atoms with Gasteiger partial charge in [-0.25, -0.2) is 14.6 Å². The second-order valence-electron chi connectivity index (χ2n) is 15.8. The maximum atomic E-state index is 14.8. The van der Waals surface area contributed by atoms with Gasteiger partial charge in [0.15, 0.2) is 0 Å². The third-order valence-electron chi connectivity index (χ3n) is 10.8. The fourth-order valence-electron chi connectivity index (χ4n) is 8.09. The largest absolute Gasteiger partial charge is 0.495 e. The van der Waals surface area contributed by atoms with Crippen LogP contribution in [0.25, 0.3) is 0 Å². The molecule has 2 fully saturated rings. The Morgan fingerprint density at radius 3 is 2.32 bits per heavy atom. The first-order chi connectivity index (χ1) is 26.8. The Morgan fingerprint density at radius 1 is 0.946 bits per heavy atom. The van der Waals surface area contributed by atoms with E-state index in [2.05, 4.69) is 16.0 Å². The van der Waals surface area contributed by atoms with Crippen LogP contribution in [0.5, 0.6) is 11.5 Å². The van der Waals surface area contributed by atoms with E-state index in [9.17, 15) is 14.4 Å². The van der Waals surface area contributed by atoms with E-state index in [1.807, 2.05) is 39.0 Å². The Morgan fingerprint density at radius 2 is 1.66 bits per heavy atom. The molecule has 15 heteroatoms. The van der Waals surface area contributed by atoms with E-state index in [0.29, 0.717) is 41.3 Å². The van der Waals surface area contributed by atoms with Crippen LogP contribution in [0.15, 0.2) is 36.5 Å². The Kier molecular flexibility index (Phi) is 13.0. The zero-order chi connectivity index (χ0) is 40.1. The third kappa shape index (κ3) is 9.54. The summed E-state index contributed by atoms with van der Waals surface area (Å²) in [5.74, 6) is 2.34. The SMILES string of the molecule is CCC(=O)Nc1cccc(CN2C(=O)N(c3c(Cl)c(OC)cc(OC)c3Cl)Cc3cnc(NC4CC(C5CCCCC5)CCC4NC(=O)OC(C)(C)C)nc32)c1. The van der Waals surface area contributed by atoms with Crippen molar-refractivity contribution in [2.75, 3.05) is 34.7 Å². The molecule has 3 atom stereocenters. The molecular weight excluding hydrogens is 757 g/mol. The van der Waals surface area contributed by atoms with E-state index in [0.717, 1.165) is 24.8 Å². The summed E-state index contributed by atoms with van der Waals surface area (Å²) in [6, 6.07) is 8.07. The van der Waals surface area contributed by atoms with Crippen LogP contribution >= 0.6 is 23.2 Å². The number of carbonyl (C=O) groups excluding carboxylic acids is 3. The molecular formula is C41H53Cl2N7O6. The van der Waals surface area contributed by atoms with Gasteiger partial charge in [0, 0.05) is 36.0 Å². The number of nitrogens with one attached hydrogen (secondary N) is 3. The topological polar surface area (TPSA) is 147 Å². The maximum Gasteiger partial charge on any atom is 0.407 e. The minimum atomic E-state index is -0.636. The Balaban J connectivity index is 1.36. The average Bonchev–Trinajstić information content (AvgIpc) is 3.17. The zero-order valence-electron chi connectivity index (χ0n) is 33.0. The lowest BCUT2D eigenvalue weighted by atomic mass is 9.71. The van der Waals surface area contributed by atoms with Gasteiger partial charge in [0.1, 0.15) is 33.0 Å². The van der Waals surface area contributed by atoms with Crippen molar-refractivity contribution in [3.63, 3.8) is 0 Å². The number of alkyl carbamates (subject to hydrolysis) is 1. The zero-order valence-corrected chi connectivity index (χ0v) is 34.6. The summed E-state index contributed by atoms with van der Waals surface area (Å²) < 4.78 is 16.7. The molecule has 0 saturated heterocycles. The molecule has 3 unspecified atom stereocenters. The second-order valence-corrected chi connectivity index (χ2v) is 16.6. The molecule has 56 heavy (non-hydrogen) atoms. The summed E-state index contributed by atoms with van der Waals surface area (Å²) in [5, 5.41) is 9.90. The highest BCUT2D eigenvalue weighted by Gasteiger charge is 2.39. The quantitative estimate of drug-likeness (QED) is 0.172. The smallest absolute Gasteiger partial charge is 0.407 e. The van der Waals surface area contributed by atoms with Crippen molar-refractivity contribution in [1.29, 1.82) is 0 Å². The highest BCUT2D eigenvalue weighted by atomic mass is 35.5. The first-order valence-corrected chi connectivity index (χ1v) is 20.2. The van der Waals surface area contributed by atoms with Crippen molar-refractivity contribution in [1.82, 2.24) is 15.3 Å². The molecule has 4 amide bonds. The van der Waals surface area contributed by atoms with Gasteiger partial charge < -0.3 is 30.2 Å². The fraction of sp³-hybridized carbons (Fsp3) is 0.537. The number of fused-ring (bicyclic) bond motifs is 1. The monoisotopic (exact) mass is 809 g/mol. The van der Waals surface area contributed by atoms with Gasteiger partial charge in [-0.3, -0.25) is 14.6 Å². The van der Waals surface area contributed by atoms with E-state index in [4.69, 9.17) is 47.4 Å². The molecule has 2 heterocycles. The summed E-state index contributed by atoms with van der Waals surface area (Å²) >= 11 is 13.7. The van der Waals surface area contributed by atoms with Gasteiger partial charge in [-0.2, -0.15) is 4.98 Å². The molecule has 6 rings (SSSR count). The van der Waals surface area contributed by atoms with Crippen LogP contribution in [0.4, 0.5) is 32.7 Å². The lowest BCUT2D eigenvalue weighted by Gasteiger charge is -2.41. The van der Waals surface area contributed by atoms with Crippen molar-refractivity contribution in [3.8, 4) is 11.5 Å². The lowest BCUT2D eigenvalue weighted by molar-refractivity contribution is -0.115. The van der Waals surface area contributed by atoms with Crippen LogP contribution in [0, 0.1) is 11.8 Å². The maximum absolute atomic E-state index is 14.8. The van der Waals surface area contributed by atoms with Gasteiger partial charge in [-0.15, -0.1) is 0 Å². The van der Waals surface area contributed by atoms with E-state index in [1.165, 1.54) is 51.2 Å². The van der Waals surface area contributed by atoms with E-state index in [-0.39, 0.29) is 58.3 Å². The van der Waals surface area contributed by atoms with Crippen molar-refractivity contribution < 1.29 is 28.6 Å². The third-order valence-corrected chi connectivity index (χ3v) is 11.5. The number of anilines is 4. The number of ether oxygens (including phenoxy) is 3. The van der Waals surface area contributed by atoms with Crippen molar-refractivity contribution in [2.45, 2.75) is 116 Å². The number of hydrogen-bond acceptors (Lipinski definition) is 9. The Hall–Kier alpha value is -4.49. The van der Waals surface area contributed by atoms with Crippen LogP contribution in [-0.2, 0) is 22.6 Å². The fourth-order valence-corrected chi connectivity index (χ4v) is 8.79. The number of methoxy groups -OCH3 is 2. The molecule has 0 spiro atoms. The molecule has 3 aromatic rings. The lowest BCUT2D eigenvalue weighted by Crippen LogP contribution is -2.52. The van der Waals surface area contributed by atoms with Crippen LogP contribution in [0.3, 0.4) is 0 Å². The summed E-state index contributed by atoms with van der Waals surface area (Å²) in [4.78, 5) is 52.8. The number of carbonyl (C=O) groups is 3. The summed E-state index contributed by atoms with van der Waals surface area (Å²) in [5.41, 5.74) is 1.59. The van der Waals surface area contributed by atoms with Crippen LogP contribution in [0.2, 0.25) is 10.0 Å². The van der Waals surface area contributed by atoms with Crippen molar-refractivity contribution >= 4 is 64.4 Å². The standard InChI is InChI=1S/C41H53Cl2N7O6/c1-7-33(51)45-28-15-11-12-24(18-28)22-50-37-27(23-49(40(50)53)36-34(42)31(54-5)20-32(55-6)35(36)43)21-44-38(48-37)46-30-19-26(25-13-9-8-10-14-25)16-17-29(30)47-39(52)56-41(2,3)4/h11-12,15,18,20-21,25-26,29-30H,7-10,13-14,16-17,19,22-23H2,1-6H3,(H,45,51)(H,47,52)(H,44,46,48). The van der Waals surface area contributed by atoms with Crippen LogP contribution < -0.4 is 35.2 Å². The van der Waals surface area contributed by atoms with Gasteiger partial charge in [-0.05, 0) is 69.6 Å².